The highest BCUT2D eigenvalue weighted by molar-refractivity contribution is 5.42. The lowest BCUT2D eigenvalue weighted by Gasteiger charge is -2.17. The number of hydrogen-bond donors (Lipinski definition) is 0. The van der Waals surface area contributed by atoms with E-state index in [2.05, 4.69) is 9.97 Å². The third-order valence-electron chi connectivity index (χ3n) is 2.82. The lowest BCUT2D eigenvalue weighted by Crippen LogP contribution is -2.22. The minimum atomic E-state index is 0.392. The van der Waals surface area contributed by atoms with Gasteiger partial charge in [-0.2, -0.15) is 5.26 Å². The van der Waals surface area contributed by atoms with E-state index < -0.39 is 0 Å². The molecule has 0 atom stereocenters. The second-order valence-corrected chi connectivity index (χ2v) is 4.45. The van der Waals surface area contributed by atoms with Crippen LogP contribution in [0.25, 0.3) is 0 Å². The van der Waals surface area contributed by atoms with Crippen LogP contribution in [0.2, 0.25) is 0 Å². The molecule has 0 aliphatic heterocycles. The Bertz CT molecular complexity index is 612. The lowest BCUT2D eigenvalue weighted by atomic mass is 10.3. The molecule has 0 N–H and O–H groups in total. The highest BCUT2D eigenvalue weighted by Crippen LogP contribution is 2.13. The summed E-state index contributed by atoms with van der Waals surface area (Å²) in [5.74, 6) is 3.24. The van der Waals surface area contributed by atoms with Crippen molar-refractivity contribution in [3.05, 3.63) is 41.2 Å². The summed E-state index contributed by atoms with van der Waals surface area (Å²) in [5.41, 5.74) is 0.392. The van der Waals surface area contributed by atoms with Gasteiger partial charge in [0.05, 0.1) is 0 Å². The average Bonchev–Trinajstić information content (AvgIpc) is 2.81. The maximum atomic E-state index is 8.91. The van der Waals surface area contributed by atoms with E-state index in [0.717, 1.165) is 30.3 Å². The van der Waals surface area contributed by atoms with Crippen LogP contribution in [0.5, 0.6) is 0 Å². The zero-order chi connectivity index (χ0) is 13.8. The lowest BCUT2D eigenvalue weighted by molar-refractivity contribution is 0.483. The van der Waals surface area contributed by atoms with Gasteiger partial charge in [0, 0.05) is 26.1 Å². The van der Waals surface area contributed by atoms with Crippen molar-refractivity contribution in [3.8, 4) is 6.07 Å². The van der Waals surface area contributed by atoms with Gasteiger partial charge in [0.25, 0.3) is 0 Å². The van der Waals surface area contributed by atoms with Crippen LogP contribution in [0.15, 0.2) is 22.6 Å². The molecule has 0 amide bonds. The van der Waals surface area contributed by atoms with Crippen molar-refractivity contribution in [3.63, 3.8) is 0 Å². The molecule has 5 nitrogen and oxygen atoms in total. The molecule has 2 rings (SSSR count). The van der Waals surface area contributed by atoms with E-state index in [1.807, 2.05) is 37.1 Å². The molecule has 0 radical (unpaired) electrons. The average molecular weight is 256 g/mol. The Morgan fingerprint density at radius 3 is 2.74 bits per heavy atom. The number of nitriles is 1. The van der Waals surface area contributed by atoms with Gasteiger partial charge in [-0.3, -0.25) is 0 Å². The van der Waals surface area contributed by atoms with Crippen LogP contribution in [-0.4, -0.2) is 23.6 Å². The van der Waals surface area contributed by atoms with Gasteiger partial charge in [-0.25, -0.2) is 9.97 Å². The van der Waals surface area contributed by atoms with Crippen molar-refractivity contribution < 1.29 is 4.42 Å². The quantitative estimate of drug-likeness (QED) is 0.839. The predicted octanol–water partition coefficient (Wildman–Crippen LogP) is 2.24. The Balaban J connectivity index is 2.05. The number of aromatic nitrogens is 2. The number of likely N-dealkylation sites (N-methyl/N-ethyl adjacent to an activating group) is 1. The molecular formula is C14H16N4O. The van der Waals surface area contributed by atoms with Gasteiger partial charge in [-0.15, -0.1) is 0 Å². The van der Waals surface area contributed by atoms with E-state index >= 15 is 0 Å². The van der Waals surface area contributed by atoms with Crippen LogP contribution in [0.4, 0.5) is 5.82 Å². The monoisotopic (exact) mass is 256 g/mol. The van der Waals surface area contributed by atoms with E-state index in [1.54, 1.807) is 13.0 Å². The predicted molar refractivity (Wildman–Crippen MR) is 71.9 cm³/mol. The van der Waals surface area contributed by atoms with Crippen molar-refractivity contribution >= 4 is 5.82 Å². The van der Waals surface area contributed by atoms with Gasteiger partial charge in [-0.05, 0) is 26.0 Å². The van der Waals surface area contributed by atoms with E-state index in [1.165, 1.54) is 0 Å². The zero-order valence-corrected chi connectivity index (χ0v) is 11.3. The van der Waals surface area contributed by atoms with Gasteiger partial charge in [0.1, 0.15) is 34.9 Å². The second-order valence-electron chi connectivity index (χ2n) is 4.45. The normalized spacial score (nSPS) is 10.2. The molecule has 19 heavy (non-hydrogen) atoms. The minimum Gasteiger partial charge on any atom is -0.466 e. The number of furan rings is 1. The summed E-state index contributed by atoms with van der Waals surface area (Å²) in [4.78, 5) is 10.4. The van der Waals surface area contributed by atoms with Crippen molar-refractivity contribution in [1.82, 2.24) is 9.97 Å². The van der Waals surface area contributed by atoms with Gasteiger partial charge in [-0.1, -0.05) is 0 Å². The van der Waals surface area contributed by atoms with Crippen LogP contribution in [0.1, 0.15) is 23.0 Å². The van der Waals surface area contributed by atoms with Crippen LogP contribution >= 0.6 is 0 Å². The molecular weight excluding hydrogens is 240 g/mol. The highest BCUT2D eigenvalue weighted by Gasteiger charge is 2.07. The largest absolute Gasteiger partial charge is 0.466 e. The second kappa shape index (κ2) is 5.53. The van der Waals surface area contributed by atoms with E-state index in [-0.39, 0.29) is 0 Å². The maximum Gasteiger partial charge on any atom is 0.146 e. The first-order chi connectivity index (χ1) is 9.08. The summed E-state index contributed by atoms with van der Waals surface area (Å²) in [6, 6.07) is 7.68. The molecule has 5 heteroatoms. The molecule has 98 valence electrons. The molecule has 0 aliphatic rings. The number of hydrogen-bond acceptors (Lipinski definition) is 5. The van der Waals surface area contributed by atoms with Gasteiger partial charge in [0.15, 0.2) is 0 Å². The fraction of sp³-hybridized carbons (Fsp3) is 0.357. The van der Waals surface area contributed by atoms with Gasteiger partial charge >= 0.3 is 0 Å². The summed E-state index contributed by atoms with van der Waals surface area (Å²) in [7, 11) is 1.94. The molecule has 0 saturated heterocycles. The zero-order valence-electron chi connectivity index (χ0n) is 11.3. The molecule has 2 aromatic heterocycles. The van der Waals surface area contributed by atoms with Crippen LogP contribution < -0.4 is 4.90 Å². The Kier molecular flexibility index (Phi) is 3.81. The molecule has 0 bridgehead atoms. The van der Waals surface area contributed by atoms with E-state index in [4.69, 9.17) is 9.68 Å². The Morgan fingerprint density at radius 1 is 1.32 bits per heavy atom. The summed E-state index contributed by atoms with van der Waals surface area (Å²) < 4.78 is 5.53. The first-order valence-electron chi connectivity index (χ1n) is 6.10. The molecule has 2 aromatic rings. The van der Waals surface area contributed by atoms with Crippen molar-refractivity contribution in [1.29, 1.82) is 5.26 Å². The fourth-order valence-corrected chi connectivity index (χ4v) is 1.82. The number of anilines is 1. The number of aryl methyl sites for hydroxylation is 2. The maximum absolute atomic E-state index is 8.91. The topological polar surface area (TPSA) is 66.0 Å². The standard InChI is InChI=1S/C14H16N4O/c1-10-4-5-13(19-10)6-7-18(3)14-8-12(9-15)16-11(2)17-14/h4-5,8H,6-7H2,1-3H3. The van der Waals surface area contributed by atoms with Crippen molar-refractivity contribution in [2.45, 2.75) is 20.3 Å². The van der Waals surface area contributed by atoms with Crippen LogP contribution in [-0.2, 0) is 6.42 Å². The Labute approximate surface area is 112 Å². The fourth-order valence-electron chi connectivity index (χ4n) is 1.82. The van der Waals surface area contributed by atoms with Crippen LogP contribution in [0, 0.1) is 25.2 Å². The van der Waals surface area contributed by atoms with Crippen molar-refractivity contribution in [2.24, 2.45) is 0 Å². The number of nitrogens with zero attached hydrogens (tertiary/aromatic N) is 4. The SMILES string of the molecule is Cc1nc(C#N)cc(N(C)CCc2ccc(C)o2)n1. The molecule has 0 aromatic carbocycles. The Hall–Kier alpha value is -2.35. The smallest absolute Gasteiger partial charge is 0.146 e. The molecule has 0 unspecified atom stereocenters. The summed E-state index contributed by atoms with van der Waals surface area (Å²) in [5, 5.41) is 8.91. The molecule has 2 heterocycles. The van der Waals surface area contributed by atoms with Gasteiger partial charge in [0.2, 0.25) is 0 Å². The third-order valence-corrected chi connectivity index (χ3v) is 2.82. The third kappa shape index (κ3) is 3.32. The molecule has 0 spiro atoms. The van der Waals surface area contributed by atoms with E-state index in [0.29, 0.717) is 11.5 Å². The van der Waals surface area contributed by atoms with Gasteiger partial charge < -0.3 is 9.32 Å². The first-order valence-corrected chi connectivity index (χ1v) is 6.10. The van der Waals surface area contributed by atoms with Crippen LogP contribution in [0.3, 0.4) is 0 Å². The Morgan fingerprint density at radius 2 is 2.11 bits per heavy atom. The highest BCUT2D eigenvalue weighted by atomic mass is 16.3. The molecule has 0 fully saturated rings. The summed E-state index contributed by atoms with van der Waals surface area (Å²) >= 11 is 0. The summed E-state index contributed by atoms with van der Waals surface area (Å²) in [6.45, 7) is 4.49. The van der Waals surface area contributed by atoms with E-state index in [9.17, 15) is 0 Å². The minimum absolute atomic E-state index is 0.392. The molecule has 0 aliphatic carbocycles. The first kappa shape index (κ1) is 13.1. The van der Waals surface area contributed by atoms with Crippen molar-refractivity contribution in [2.75, 3.05) is 18.5 Å². The molecule has 0 saturated carbocycles. The summed E-state index contributed by atoms with van der Waals surface area (Å²) in [6.07, 6.45) is 0.801. The number of rotatable bonds is 4.